The molecule has 0 aliphatic rings. The first-order valence-corrected chi connectivity index (χ1v) is 12.3. The first-order valence-electron chi connectivity index (χ1n) is 12.3. The lowest BCUT2D eigenvalue weighted by Gasteiger charge is -2.26. The predicted octanol–water partition coefficient (Wildman–Crippen LogP) is 0.0805. The molecule has 0 fully saturated rings. The van der Waals surface area contributed by atoms with Gasteiger partial charge < -0.3 is 37.0 Å². The van der Waals surface area contributed by atoms with E-state index in [9.17, 15) is 34.5 Å². The minimum Gasteiger partial charge on any atom is -0.508 e. The molecule has 38 heavy (non-hydrogen) atoms. The lowest BCUT2D eigenvalue weighted by molar-refractivity contribution is -0.143. The average molecular weight is 529 g/mol. The number of hydrogen-bond acceptors (Lipinski definition) is 7. The fourth-order valence-corrected chi connectivity index (χ4v) is 3.66. The molecule has 0 saturated heterocycles. The zero-order valence-electron chi connectivity index (χ0n) is 21.6. The molecule has 2 aromatic rings. The predicted molar refractivity (Wildman–Crippen MR) is 140 cm³/mol. The maximum Gasteiger partial charge on any atom is 0.326 e. The molecular formula is C27H36N4O7. The lowest BCUT2D eigenvalue weighted by Crippen LogP contribution is -2.59. The van der Waals surface area contributed by atoms with Crippen LogP contribution >= 0.6 is 0 Å². The van der Waals surface area contributed by atoms with Crippen LogP contribution in [0.25, 0.3) is 0 Å². The van der Waals surface area contributed by atoms with Gasteiger partial charge in [-0.15, -0.1) is 0 Å². The minimum atomic E-state index is -1.28. The van der Waals surface area contributed by atoms with Gasteiger partial charge in [0.2, 0.25) is 17.7 Å². The van der Waals surface area contributed by atoms with Gasteiger partial charge in [-0.25, -0.2) is 4.79 Å². The molecule has 3 amide bonds. The maximum absolute atomic E-state index is 13.4. The van der Waals surface area contributed by atoms with Gasteiger partial charge in [0, 0.05) is 12.8 Å². The molecule has 0 aliphatic heterocycles. The molecule has 0 heterocycles. The van der Waals surface area contributed by atoms with E-state index in [1.165, 1.54) is 19.1 Å². The number of aliphatic carboxylic acids is 1. The molecule has 11 nitrogen and oxygen atoms in total. The Morgan fingerprint density at radius 2 is 1.24 bits per heavy atom. The second-order valence-corrected chi connectivity index (χ2v) is 9.52. The van der Waals surface area contributed by atoms with Crippen molar-refractivity contribution in [3.8, 4) is 5.75 Å². The van der Waals surface area contributed by atoms with E-state index >= 15 is 0 Å². The zero-order valence-corrected chi connectivity index (χ0v) is 21.6. The third-order valence-electron chi connectivity index (χ3n) is 5.98. The normalized spacial score (nSPS) is 15.0. The topological polar surface area (TPSA) is 191 Å². The van der Waals surface area contributed by atoms with Crippen molar-refractivity contribution in [1.29, 1.82) is 0 Å². The molecule has 11 heteroatoms. The van der Waals surface area contributed by atoms with Crippen molar-refractivity contribution in [3.63, 3.8) is 0 Å². The van der Waals surface area contributed by atoms with Crippen LogP contribution in [0.2, 0.25) is 0 Å². The van der Waals surface area contributed by atoms with Crippen molar-refractivity contribution in [3.05, 3.63) is 65.7 Å². The van der Waals surface area contributed by atoms with Crippen LogP contribution in [0.5, 0.6) is 5.75 Å². The summed E-state index contributed by atoms with van der Waals surface area (Å²) < 4.78 is 0. The summed E-state index contributed by atoms with van der Waals surface area (Å²) in [6.45, 7) is 4.63. The molecule has 0 spiro atoms. The highest BCUT2D eigenvalue weighted by molar-refractivity contribution is 5.94. The van der Waals surface area contributed by atoms with E-state index in [-0.39, 0.29) is 18.6 Å². The summed E-state index contributed by atoms with van der Waals surface area (Å²) in [6.07, 6.45) is -1.10. The van der Waals surface area contributed by atoms with E-state index in [2.05, 4.69) is 16.0 Å². The number of rotatable bonds is 13. The summed E-state index contributed by atoms with van der Waals surface area (Å²) in [5, 5.41) is 36.5. The molecule has 0 aliphatic carbocycles. The highest BCUT2D eigenvalue weighted by Gasteiger charge is 2.32. The van der Waals surface area contributed by atoms with Gasteiger partial charge in [-0.2, -0.15) is 0 Å². The Bertz CT molecular complexity index is 1090. The third kappa shape index (κ3) is 9.16. The number of benzene rings is 2. The number of amides is 3. The maximum atomic E-state index is 13.4. The number of aliphatic hydroxyl groups is 1. The lowest BCUT2D eigenvalue weighted by atomic mass is 10.00. The van der Waals surface area contributed by atoms with Crippen molar-refractivity contribution in [1.82, 2.24) is 16.0 Å². The summed E-state index contributed by atoms with van der Waals surface area (Å²) in [6, 6.07) is 10.1. The number of nitrogens with two attached hydrogens (primary N) is 1. The van der Waals surface area contributed by atoms with Gasteiger partial charge in [0.25, 0.3) is 0 Å². The number of nitrogens with one attached hydrogen (secondary N) is 3. The van der Waals surface area contributed by atoms with Crippen molar-refractivity contribution >= 4 is 23.7 Å². The van der Waals surface area contributed by atoms with Crippen LogP contribution in [-0.4, -0.2) is 69.3 Å². The number of carbonyl (C=O) groups excluding carboxylic acids is 3. The van der Waals surface area contributed by atoms with Gasteiger partial charge in [-0.1, -0.05) is 56.3 Å². The summed E-state index contributed by atoms with van der Waals surface area (Å²) in [5.74, 6) is -3.79. The van der Waals surface area contributed by atoms with E-state index in [0.717, 1.165) is 5.56 Å². The smallest absolute Gasteiger partial charge is 0.326 e. The molecular weight excluding hydrogens is 492 g/mol. The summed E-state index contributed by atoms with van der Waals surface area (Å²) >= 11 is 0. The van der Waals surface area contributed by atoms with Gasteiger partial charge in [0.05, 0.1) is 6.10 Å². The van der Waals surface area contributed by atoms with Gasteiger partial charge in [0.15, 0.2) is 0 Å². The Labute approximate surface area is 221 Å². The molecule has 5 unspecified atom stereocenters. The third-order valence-corrected chi connectivity index (χ3v) is 5.98. The summed E-state index contributed by atoms with van der Waals surface area (Å²) in [4.78, 5) is 50.9. The highest BCUT2D eigenvalue weighted by atomic mass is 16.4. The Morgan fingerprint density at radius 1 is 0.763 bits per heavy atom. The van der Waals surface area contributed by atoms with Crippen molar-refractivity contribution in [2.24, 2.45) is 11.7 Å². The molecule has 0 radical (unpaired) electrons. The molecule has 8 N–H and O–H groups in total. The second kappa shape index (κ2) is 14.1. The average Bonchev–Trinajstić information content (AvgIpc) is 2.87. The number of hydrogen-bond donors (Lipinski definition) is 7. The quantitative estimate of drug-likeness (QED) is 0.190. The second-order valence-electron chi connectivity index (χ2n) is 9.52. The minimum absolute atomic E-state index is 0.0124. The summed E-state index contributed by atoms with van der Waals surface area (Å²) in [5.41, 5.74) is 7.07. The first-order chi connectivity index (χ1) is 17.9. The Hall–Kier alpha value is -3.96. The fourth-order valence-electron chi connectivity index (χ4n) is 3.66. The van der Waals surface area contributed by atoms with Crippen LogP contribution in [0.3, 0.4) is 0 Å². The number of phenols is 1. The number of phenolic OH excluding ortho intramolecular Hbond substituents is 1. The number of aromatic hydroxyl groups is 1. The fraction of sp³-hybridized carbons (Fsp3) is 0.407. The molecule has 5 atom stereocenters. The van der Waals surface area contributed by atoms with Crippen molar-refractivity contribution in [2.75, 3.05) is 0 Å². The van der Waals surface area contributed by atoms with Crippen molar-refractivity contribution < 1.29 is 34.5 Å². The van der Waals surface area contributed by atoms with Crippen LogP contribution in [0, 0.1) is 5.92 Å². The van der Waals surface area contributed by atoms with Crippen LogP contribution < -0.4 is 21.7 Å². The molecule has 2 rings (SSSR count). The summed E-state index contributed by atoms with van der Waals surface area (Å²) in [7, 11) is 0. The molecule has 0 saturated carbocycles. The Kier molecular flexibility index (Phi) is 11.2. The Morgan fingerprint density at radius 3 is 1.71 bits per heavy atom. The van der Waals surface area contributed by atoms with Gasteiger partial charge in [-0.05, 0) is 36.1 Å². The van der Waals surface area contributed by atoms with Crippen LogP contribution in [0.1, 0.15) is 31.9 Å². The molecule has 206 valence electrons. The SMILES string of the molecule is CC(C)C(NC(=O)C(Cc1ccc(O)cc1)NC(=O)C(Cc1ccccc1)NC(=O)C(N)C(C)O)C(=O)O. The van der Waals surface area contributed by atoms with E-state index in [1.807, 2.05) is 0 Å². The largest absolute Gasteiger partial charge is 0.508 e. The molecule has 0 bridgehead atoms. The number of carboxylic acid groups (broad SMARTS) is 1. The van der Waals surface area contributed by atoms with Crippen LogP contribution in [0.4, 0.5) is 0 Å². The number of carbonyl (C=O) groups is 4. The van der Waals surface area contributed by atoms with Gasteiger partial charge >= 0.3 is 5.97 Å². The van der Waals surface area contributed by atoms with Crippen LogP contribution in [-0.2, 0) is 32.0 Å². The number of carboxylic acids is 1. The highest BCUT2D eigenvalue weighted by Crippen LogP contribution is 2.13. The first kappa shape index (κ1) is 30.3. The zero-order chi connectivity index (χ0) is 28.4. The van der Waals surface area contributed by atoms with Gasteiger partial charge in [-0.3, -0.25) is 14.4 Å². The standard InChI is InChI=1S/C27H36N4O7/c1-15(2)23(27(37)38)31-25(35)21(14-18-9-11-19(33)12-10-18)29-24(34)20(13-17-7-5-4-6-8-17)30-26(36)22(28)16(3)32/h4-12,15-16,20-23,32-33H,13-14,28H2,1-3H3,(H,29,34)(H,30,36)(H,31,35)(H,37,38). The van der Waals surface area contributed by atoms with Crippen LogP contribution in [0.15, 0.2) is 54.6 Å². The monoisotopic (exact) mass is 528 g/mol. The van der Waals surface area contributed by atoms with E-state index < -0.39 is 59.9 Å². The Balaban J connectivity index is 2.33. The molecule has 2 aromatic carbocycles. The van der Waals surface area contributed by atoms with E-state index in [4.69, 9.17) is 5.73 Å². The molecule has 0 aromatic heterocycles. The number of aliphatic hydroxyl groups excluding tert-OH is 1. The van der Waals surface area contributed by atoms with Crippen molar-refractivity contribution in [2.45, 2.75) is 63.9 Å². The van der Waals surface area contributed by atoms with Gasteiger partial charge in [0.1, 0.15) is 29.9 Å². The van der Waals surface area contributed by atoms with E-state index in [1.54, 1.807) is 56.3 Å². The van der Waals surface area contributed by atoms with E-state index in [0.29, 0.717) is 5.56 Å².